The van der Waals surface area contributed by atoms with Crippen LogP contribution in [0.5, 0.6) is 0 Å². The number of carbonyl (C=O) groups excluding carboxylic acids is 1. The Balaban J connectivity index is 1.39. The van der Waals surface area contributed by atoms with E-state index in [1.807, 2.05) is 16.9 Å². The molecule has 1 aromatic rings. The zero-order valence-electron chi connectivity index (χ0n) is 15.3. The lowest BCUT2D eigenvalue weighted by molar-refractivity contribution is -0.132. The van der Waals surface area contributed by atoms with E-state index < -0.39 is 0 Å². The standard InChI is InChI=1S/C18H30N4O2S/c1-16-15-25-18(24)22(16)13-12-19-8-10-20(11-9-19)14-17(23)21-6-4-2-3-5-7-21/h15H,2-14H2,1H3. The van der Waals surface area contributed by atoms with E-state index in [1.54, 1.807) is 0 Å². The summed E-state index contributed by atoms with van der Waals surface area (Å²) in [6.07, 6.45) is 4.83. The predicted octanol–water partition coefficient (Wildman–Crippen LogP) is 1.24. The van der Waals surface area contributed by atoms with Crippen LogP contribution in [0, 0.1) is 6.92 Å². The maximum absolute atomic E-state index is 12.5. The predicted molar refractivity (Wildman–Crippen MR) is 101 cm³/mol. The second-order valence-corrected chi connectivity index (χ2v) is 8.03. The van der Waals surface area contributed by atoms with E-state index in [9.17, 15) is 9.59 Å². The fourth-order valence-corrected chi connectivity index (χ4v) is 4.46. The summed E-state index contributed by atoms with van der Waals surface area (Å²) in [6, 6.07) is 0. The van der Waals surface area contributed by atoms with E-state index >= 15 is 0 Å². The number of carbonyl (C=O) groups is 1. The first kappa shape index (κ1) is 18.6. The van der Waals surface area contributed by atoms with E-state index in [1.165, 1.54) is 24.2 Å². The minimum Gasteiger partial charge on any atom is -0.342 e. The van der Waals surface area contributed by atoms with Gasteiger partial charge in [-0.25, -0.2) is 0 Å². The van der Waals surface area contributed by atoms with E-state index in [4.69, 9.17) is 0 Å². The number of aromatic nitrogens is 1. The van der Waals surface area contributed by atoms with Gasteiger partial charge >= 0.3 is 4.87 Å². The van der Waals surface area contributed by atoms with E-state index in [0.29, 0.717) is 12.5 Å². The molecular formula is C18H30N4O2S. The summed E-state index contributed by atoms with van der Waals surface area (Å²) in [5.41, 5.74) is 1.05. The van der Waals surface area contributed by atoms with Crippen LogP contribution in [0.25, 0.3) is 0 Å². The third-order valence-electron chi connectivity index (χ3n) is 5.40. The van der Waals surface area contributed by atoms with Crippen molar-refractivity contribution in [3.63, 3.8) is 0 Å². The van der Waals surface area contributed by atoms with Gasteiger partial charge in [0.05, 0.1) is 6.54 Å². The highest BCUT2D eigenvalue weighted by Crippen LogP contribution is 2.11. The van der Waals surface area contributed by atoms with Gasteiger partial charge in [-0.05, 0) is 19.8 Å². The first-order chi connectivity index (χ1) is 12.1. The maximum atomic E-state index is 12.5. The van der Waals surface area contributed by atoms with Crippen molar-refractivity contribution < 1.29 is 4.79 Å². The molecule has 3 heterocycles. The highest BCUT2D eigenvalue weighted by Gasteiger charge is 2.22. The number of hydrogen-bond donors (Lipinski definition) is 0. The van der Waals surface area contributed by atoms with Gasteiger partial charge < -0.3 is 9.47 Å². The van der Waals surface area contributed by atoms with Crippen molar-refractivity contribution in [1.82, 2.24) is 19.3 Å². The van der Waals surface area contributed by atoms with Gasteiger partial charge in [0.2, 0.25) is 5.91 Å². The average molecular weight is 367 g/mol. The number of hydrogen-bond acceptors (Lipinski definition) is 5. The van der Waals surface area contributed by atoms with Crippen molar-refractivity contribution in [2.24, 2.45) is 0 Å². The summed E-state index contributed by atoms with van der Waals surface area (Å²) in [5, 5.41) is 1.93. The quantitative estimate of drug-likeness (QED) is 0.787. The van der Waals surface area contributed by atoms with Gasteiger partial charge in [0.25, 0.3) is 0 Å². The third kappa shape index (κ3) is 5.15. The van der Waals surface area contributed by atoms with Crippen LogP contribution in [0.3, 0.4) is 0 Å². The molecule has 0 spiro atoms. The molecule has 0 aromatic carbocycles. The van der Waals surface area contributed by atoms with Crippen molar-refractivity contribution in [3.05, 3.63) is 20.7 Å². The molecule has 0 atom stereocenters. The SMILES string of the molecule is Cc1csc(=O)n1CCN1CCN(CC(=O)N2CCCCCC2)CC1. The number of thiazole rings is 1. The molecule has 0 unspecified atom stereocenters. The summed E-state index contributed by atoms with van der Waals surface area (Å²) in [6.45, 7) is 9.94. The summed E-state index contributed by atoms with van der Waals surface area (Å²) in [7, 11) is 0. The lowest BCUT2D eigenvalue weighted by Crippen LogP contribution is -2.50. The van der Waals surface area contributed by atoms with Crippen molar-refractivity contribution in [1.29, 1.82) is 0 Å². The smallest absolute Gasteiger partial charge is 0.307 e. The number of rotatable bonds is 5. The van der Waals surface area contributed by atoms with E-state index in [2.05, 4.69) is 14.7 Å². The van der Waals surface area contributed by atoms with Crippen molar-refractivity contribution in [2.75, 3.05) is 52.4 Å². The third-order valence-corrected chi connectivity index (χ3v) is 6.28. The molecule has 140 valence electrons. The summed E-state index contributed by atoms with van der Waals surface area (Å²) in [4.78, 5) is 31.1. The normalized spacial score (nSPS) is 20.6. The second kappa shape index (κ2) is 8.96. The van der Waals surface area contributed by atoms with Crippen LogP contribution >= 0.6 is 11.3 Å². The molecule has 2 aliphatic heterocycles. The van der Waals surface area contributed by atoms with Gasteiger partial charge in [-0.3, -0.25) is 19.4 Å². The fourth-order valence-electron chi connectivity index (χ4n) is 3.70. The van der Waals surface area contributed by atoms with Crippen LogP contribution in [0.15, 0.2) is 10.2 Å². The Kier molecular flexibility index (Phi) is 6.67. The highest BCUT2D eigenvalue weighted by molar-refractivity contribution is 7.07. The topological polar surface area (TPSA) is 48.8 Å². The molecule has 2 fully saturated rings. The monoisotopic (exact) mass is 366 g/mol. The molecule has 2 aliphatic rings. The van der Waals surface area contributed by atoms with Gasteiger partial charge in [-0.1, -0.05) is 24.2 Å². The number of amides is 1. The van der Waals surface area contributed by atoms with Crippen LogP contribution in [-0.4, -0.2) is 77.5 Å². The van der Waals surface area contributed by atoms with Crippen LogP contribution in [0.1, 0.15) is 31.4 Å². The van der Waals surface area contributed by atoms with Gasteiger partial charge in [0, 0.05) is 63.4 Å². The Bertz CT molecular complexity index is 611. The van der Waals surface area contributed by atoms with Crippen molar-refractivity contribution in [2.45, 2.75) is 39.2 Å². The lowest BCUT2D eigenvalue weighted by atomic mass is 10.2. The molecule has 3 rings (SSSR count). The summed E-state index contributed by atoms with van der Waals surface area (Å²) < 4.78 is 1.86. The molecule has 1 aromatic heterocycles. The lowest BCUT2D eigenvalue weighted by Gasteiger charge is -2.35. The largest absolute Gasteiger partial charge is 0.342 e. The Morgan fingerprint density at radius 2 is 1.60 bits per heavy atom. The first-order valence-electron chi connectivity index (χ1n) is 9.51. The van der Waals surface area contributed by atoms with Crippen molar-refractivity contribution in [3.8, 4) is 0 Å². The molecule has 25 heavy (non-hydrogen) atoms. The Labute approximate surface area is 154 Å². The van der Waals surface area contributed by atoms with Crippen LogP contribution < -0.4 is 4.87 Å². The Hall–Kier alpha value is -1.18. The highest BCUT2D eigenvalue weighted by atomic mass is 32.1. The molecule has 6 nitrogen and oxygen atoms in total. The van der Waals surface area contributed by atoms with Crippen LogP contribution in [-0.2, 0) is 11.3 Å². The molecule has 1 amide bonds. The maximum Gasteiger partial charge on any atom is 0.307 e. The minimum atomic E-state index is 0.138. The Morgan fingerprint density at radius 1 is 0.960 bits per heavy atom. The van der Waals surface area contributed by atoms with Crippen LogP contribution in [0.4, 0.5) is 0 Å². The number of likely N-dealkylation sites (tertiary alicyclic amines) is 1. The molecular weight excluding hydrogens is 336 g/mol. The van der Waals surface area contributed by atoms with Gasteiger partial charge in [-0.15, -0.1) is 0 Å². The number of nitrogens with zero attached hydrogens (tertiary/aromatic N) is 4. The van der Waals surface area contributed by atoms with Crippen LogP contribution in [0.2, 0.25) is 0 Å². The molecule has 0 saturated carbocycles. The molecule has 0 bridgehead atoms. The van der Waals surface area contributed by atoms with Gasteiger partial charge in [0.1, 0.15) is 0 Å². The fraction of sp³-hybridized carbons (Fsp3) is 0.778. The first-order valence-corrected chi connectivity index (χ1v) is 10.4. The average Bonchev–Trinajstić information content (AvgIpc) is 2.83. The zero-order chi connectivity index (χ0) is 17.6. The van der Waals surface area contributed by atoms with Crippen molar-refractivity contribution >= 4 is 17.2 Å². The summed E-state index contributed by atoms with van der Waals surface area (Å²) >= 11 is 1.28. The van der Waals surface area contributed by atoms with Gasteiger partial charge in [-0.2, -0.15) is 0 Å². The second-order valence-electron chi connectivity index (χ2n) is 7.21. The number of aryl methyl sites for hydroxylation is 1. The molecule has 7 heteroatoms. The van der Waals surface area contributed by atoms with E-state index in [0.717, 1.165) is 70.9 Å². The zero-order valence-corrected chi connectivity index (χ0v) is 16.1. The molecule has 0 N–H and O–H groups in total. The molecule has 0 radical (unpaired) electrons. The Morgan fingerprint density at radius 3 is 2.20 bits per heavy atom. The van der Waals surface area contributed by atoms with Gasteiger partial charge in [0.15, 0.2) is 0 Å². The molecule has 0 aliphatic carbocycles. The molecule has 2 saturated heterocycles. The minimum absolute atomic E-state index is 0.138. The van der Waals surface area contributed by atoms with E-state index in [-0.39, 0.29) is 4.87 Å². The number of piperazine rings is 1. The summed E-state index contributed by atoms with van der Waals surface area (Å²) in [5.74, 6) is 0.302.